The summed E-state index contributed by atoms with van der Waals surface area (Å²) < 4.78 is 5.06. The summed E-state index contributed by atoms with van der Waals surface area (Å²) in [4.78, 5) is 0. The molecule has 2 nitrogen and oxygen atoms in total. The normalized spacial score (nSPS) is 14.3. The standard InChI is InChI=1S/C16H26ClNO/c1-4-13(2)15(12-18-9-10-19-3)11-14-5-7-16(17)8-6-14/h5-8,13,15,18H,4,9-12H2,1-3H3. The van der Waals surface area contributed by atoms with Crippen LogP contribution in [-0.4, -0.2) is 26.8 Å². The number of hydrogen-bond donors (Lipinski definition) is 1. The molecule has 0 radical (unpaired) electrons. The third-order valence-electron chi connectivity index (χ3n) is 3.75. The summed E-state index contributed by atoms with van der Waals surface area (Å²) >= 11 is 5.93. The van der Waals surface area contributed by atoms with Crippen molar-refractivity contribution in [3.05, 3.63) is 34.9 Å². The van der Waals surface area contributed by atoms with Crippen LogP contribution >= 0.6 is 11.6 Å². The minimum Gasteiger partial charge on any atom is -0.383 e. The summed E-state index contributed by atoms with van der Waals surface area (Å²) in [6, 6.07) is 8.21. The van der Waals surface area contributed by atoms with Gasteiger partial charge in [0.1, 0.15) is 0 Å². The molecule has 0 fully saturated rings. The van der Waals surface area contributed by atoms with Crippen LogP contribution in [0.25, 0.3) is 0 Å². The lowest BCUT2D eigenvalue weighted by molar-refractivity contribution is 0.195. The number of methoxy groups -OCH3 is 1. The van der Waals surface area contributed by atoms with E-state index < -0.39 is 0 Å². The van der Waals surface area contributed by atoms with Crippen LogP contribution < -0.4 is 5.32 Å². The van der Waals surface area contributed by atoms with E-state index >= 15 is 0 Å². The lowest BCUT2D eigenvalue weighted by Gasteiger charge is -2.23. The van der Waals surface area contributed by atoms with E-state index in [9.17, 15) is 0 Å². The van der Waals surface area contributed by atoms with Crippen molar-refractivity contribution in [2.24, 2.45) is 11.8 Å². The first-order chi connectivity index (χ1) is 9.17. The maximum absolute atomic E-state index is 5.93. The number of ether oxygens (including phenoxy) is 1. The Bertz CT molecular complexity index is 339. The van der Waals surface area contributed by atoms with Crippen molar-refractivity contribution >= 4 is 11.6 Å². The predicted octanol–water partition coefficient (Wildman–Crippen LogP) is 3.78. The van der Waals surface area contributed by atoms with Gasteiger partial charge in [0.05, 0.1) is 6.61 Å². The highest BCUT2D eigenvalue weighted by atomic mass is 35.5. The molecule has 0 heterocycles. The molecule has 108 valence electrons. The molecule has 1 aromatic carbocycles. The molecule has 0 amide bonds. The maximum atomic E-state index is 5.93. The highest BCUT2D eigenvalue weighted by molar-refractivity contribution is 6.30. The summed E-state index contributed by atoms with van der Waals surface area (Å²) in [7, 11) is 1.74. The first-order valence-corrected chi connectivity index (χ1v) is 7.49. The zero-order chi connectivity index (χ0) is 14.1. The Kier molecular flexibility index (Phi) is 8.11. The molecule has 0 aliphatic heterocycles. The molecule has 3 heteroatoms. The van der Waals surface area contributed by atoms with Crippen LogP contribution in [0, 0.1) is 11.8 Å². The Morgan fingerprint density at radius 3 is 2.53 bits per heavy atom. The van der Waals surface area contributed by atoms with E-state index in [1.54, 1.807) is 7.11 Å². The average molecular weight is 284 g/mol. The monoisotopic (exact) mass is 283 g/mol. The van der Waals surface area contributed by atoms with Crippen LogP contribution in [0.5, 0.6) is 0 Å². The van der Waals surface area contributed by atoms with Crippen LogP contribution in [0.2, 0.25) is 5.02 Å². The molecule has 1 N–H and O–H groups in total. The Balaban J connectivity index is 2.51. The summed E-state index contributed by atoms with van der Waals surface area (Å²) in [6.07, 6.45) is 2.32. The maximum Gasteiger partial charge on any atom is 0.0587 e. The summed E-state index contributed by atoms with van der Waals surface area (Å²) in [5.41, 5.74) is 1.36. The van der Waals surface area contributed by atoms with Crippen LogP contribution in [0.15, 0.2) is 24.3 Å². The number of rotatable bonds is 9. The zero-order valence-corrected chi connectivity index (χ0v) is 13.0. The largest absolute Gasteiger partial charge is 0.383 e. The van der Waals surface area contributed by atoms with E-state index in [2.05, 4.69) is 31.3 Å². The Labute approximate surface area is 122 Å². The van der Waals surface area contributed by atoms with Crippen LogP contribution in [0.1, 0.15) is 25.8 Å². The van der Waals surface area contributed by atoms with Gasteiger partial charge in [0, 0.05) is 18.7 Å². The number of halogens is 1. The summed E-state index contributed by atoms with van der Waals surface area (Å²) in [6.45, 7) is 7.33. The second kappa shape index (κ2) is 9.35. The molecule has 1 aromatic rings. The fourth-order valence-electron chi connectivity index (χ4n) is 2.19. The van der Waals surface area contributed by atoms with Crippen molar-refractivity contribution in [3.63, 3.8) is 0 Å². The molecule has 0 saturated heterocycles. The van der Waals surface area contributed by atoms with Gasteiger partial charge in [-0.2, -0.15) is 0 Å². The van der Waals surface area contributed by atoms with Crippen molar-refractivity contribution in [1.29, 1.82) is 0 Å². The van der Waals surface area contributed by atoms with Crippen molar-refractivity contribution in [3.8, 4) is 0 Å². The lowest BCUT2D eigenvalue weighted by Crippen LogP contribution is -2.30. The van der Waals surface area contributed by atoms with Crippen molar-refractivity contribution in [1.82, 2.24) is 5.32 Å². The van der Waals surface area contributed by atoms with Crippen molar-refractivity contribution < 1.29 is 4.74 Å². The molecular formula is C16H26ClNO. The Hall–Kier alpha value is -0.570. The topological polar surface area (TPSA) is 21.3 Å². The van der Waals surface area contributed by atoms with Gasteiger partial charge < -0.3 is 10.1 Å². The quantitative estimate of drug-likeness (QED) is 0.697. The third-order valence-corrected chi connectivity index (χ3v) is 4.00. The fourth-order valence-corrected chi connectivity index (χ4v) is 2.32. The highest BCUT2D eigenvalue weighted by Gasteiger charge is 2.16. The second-order valence-corrected chi connectivity index (χ2v) is 5.61. The van der Waals surface area contributed by atoms with Gasteiger partial charge in [0.2, 0.25) is 0 Å². The van der Waals surface area contributed by atoms with Gasteiger partial charge in [-0.3, -0.25) is 0 Å². The molecule has 0 saturated carbocycles. The smallest absolute Gasteiger partial charge is 0.0587 e. The molecule has 19 heavy (non-hydrogen) atoms. The molecule has 0 aromatic heterocycles. The van der Waals surface area contributed by atoms with Crippen LogP contribution in [-0.2, 0) is 11.2 Å². The SMILES string of the molecule is CCC(C)C(CNCCOC)Cc1ccc(Cl)cc1. The van der Waals surface area contributed by atoms with Gasteiger partial charge in [0.15, 0.2) is 0 Å². The lowest BCUT2D eigenvalue weighted by atomic mass is 9.86. The number of benzene rings is 1. The van der Waals surface area contributed by atoms with E-state index in [0.717, 1.165) is 31.1 Å². The van der Waals surface area contributed by atoms with E-state index in [-0.39, 0.29) is 0 Å². The minimum absolute atomic E-state index is 0.656. The van der Waals surface area contributed by atoms with Gasteiger partial charge >= 0.3 is 0 Å². The van der Waals surface area contributed by atoms with Gasteiger partial charge in [-0.15, -0.1) is 0 Å². The first kappa shape index (κ1) is 16.5. The first-order valence-electron chi connectivity index (χ1n) is 7.11. The van der Waals surface area contributed by atoms with E-state index in [4.69, 9.17) is 16.3 Å². The number of nitrogens with one attached hydrogen (secondary N) is 1. The van der Waals surface area contributed by atoms with Gasteiger partial charge in [-0.25, -0.2) is 0 Å². The molecule has 0 aliphatic carbocycles. The predicted molar refractivity (Wildman–Crippen MR) is 82.8 cm³/mol. The molecular weight excluding hydrogens is 258 g/mol. The molecule has 2 atom stereocenters. The Morgan fingerprint density at radius 1 is 1.26 bits per heavy atom. The fraction of sp³-hybridized carbons (Fsp3) is 0.625. The zero-order valence-electron chi connectivity index (χ0n) is 12.3. The minimum atomic E-state index is 0.656. The molecule has 1 rings (SSSR count). The molecule has 0 aliphatic rings. The molecule has 0 spiro atoms. The average Bonchev–Trinajstić information content (AvgIpc) is 2.43. The van der Waals surface area contributed by atoms with E-state index in [1.165, 1.54) is 12.0 Å². The van der Waals surface area contributed by atoms with Crippen molar-refractivity contribution in [2.75, 3.05) is 26.8 Å². The van der Waals surface area contributed by atoms with Crippen molar-refractivity contribution in [2.45, 2.75) is 26.7 Å². The van der Waals surface area contributed by atoms with Crippen LogP contribution in [0.3, 0.4) is 0 Å². The molecule has 2 unspecified atom stereocenters. The van der Waals surface area contributed by atoms with E-state index in [0.29, 0.717) is 11.8 Å². The molecule has 0 bridgehead atoms. The third kappa shape index (κ3) is 6.42. The second-order valence-electron chi connectivity index (χ2n) is 5.17. The summed E-state index contributed by atoms with van der Waals surface area (Å²) in [5, 5.41) is 4.29. The van der Waals surface area contributed by atoms with Crippen LogP contribution in [0.4, 0.5) is 0 Å². The van der Waals surface area contributed by atoms with Gasteiger partial charge in [0.25, 0.3) is 0 Å². The Morgan fingerprint density at radius 2 is 1.95 bits per heavy atom. The highest BCUT2D eigenvalue weighted by Crippen LogP contribution is 2.21. The van der Waals surface area contributed by atoms with Gasteiger partial charge in [-0.1, -0.05) is 44.0 Å². The summed E-state index contributed by atoms with van der Waals surface area (Å²) in [5.74, 6) is 1.37. The number of hydrogen-bond acceptors (Lipinski definition) is 2. The van der Waals surface area contributed by atoms with Gasteiger partial charge in [-0.05, 0) is 42.5 Å². The van der Waals surface area contributed by atoms with E-state index in [1.807, 2.05) is 12.1 Å².